The molecule has 0 heterocycles. The van der Waals surface area contributed by atoms with Crippen LogP contribution in [0.3, 0.4) is 0 Å². The van der Waals surface area contributed by atoms with Crippen LogP contribution in [-0.2, 0) is 9.47 Å². The quantitative estimate of drug-likeness (QED) is 0.234. The van der Waals surface area contributed by atoms with Crippen molar-refractivity contribution in [3.63, 3.8) is 0 Å². The summed E-state index contributed by atoms with van der Waals surface area (Å²) in [5.74, 6) is 3.99. The van der Waals surface area contributed by atoms with Crippen LogP contribution in [0.25, 0.3) is 0 Å². The zero-order valence-corrected chi connectivity index (χ0v) is 26.5. The fourth-order valence-corrected chi connectivity index (χ4v) is 9.70. The van der Waals surface area contributed by atoms with Gasteiger partial charge >= 0.3 is 12.2 Å². The molecule has 6 nitrogen and oxygen atoms in total. The molecule has 4 fully saturated rings. The standard InChI is InChI=1S/C29H46Cl4N2O4/c1-28-9-7-21(38-26(36)34(15-11-30)16-12-31)19-20(28)3-4-22-23-5-6-25(29(23,2)10-8-24(22)28)39-27(37)35(17-13-32)18-14-33/h20-25H,3-19H2,1-2H3/t20-,21+,22-,23-,24-,25-,28-,29-/m0/s1. The second kappa shape index (κ2) is 13.8. The molecule has 0 saturated heterocycles. The first-order valence-corrected chi connectivity index (χ1v) is 17.0. The molecule has 0 radical (unpaired) electrons. The monoisotopic (exact) mass is 626 g/mol. The fourth-order valence-electron chi connectivity index (χ4n) is 8.88. The molecule has 0 aromatic carbocycles. The maximum atomic E-state index is 13.0. The Morgan fingerprint density at radius 2 is 1.23 bits per heavy atom. The van der Waals surface area contributed by atoms with Gasteiger partial charge in [-0.2, -0.15) is 0 Å². The van der Waals surface area contributed by atoms with Gasteiger partial charge in [0.15, 0.2) is 0 Å². The second-order valence-corrected chi connectivity index (χ2v) is 14.2. The highest BCUT2D eigenvalue weighted by Gasteiger charge is 2.61. The van der Waals surface area contributed by atoms with Gasteiger partial charge in [0.1, 0.15) is 12.2 Å². The lowest BCUT2D eigenvalue weighted by Gasteiger charge is -2.60. The summed E-state index contributed by atoms with van der Waals surface area (Å²) in [5.41, 5.74) is 0.292. The molecule has 4 saturated carbocycles. The third kappa shape index (κ3) is 6.54. The van der Waals surface area contributed by atoms with Crippen molar-refractivity contribution in [1.29, 1.82) is 0 Å². The zero-order valence-electron chi connectivity index (χ0n) is 23.5. The van der Waals surface area contributed by atoms with Crippen LogP contribution in [0.2, 0.25) is 0 Å². The number of carbonyl (C=O) groups excluding carboxylic acids is 2. The van der Waals surface area contributed by atoms with Crippen LogP contribution in [0, 0.1) is 34.5 Å². The van der Waals surface area contributed by atoms with Gasteiger partial charge in [0.2, 0.25) is 0 Å². The topological polar surface area (TPSA) is 59.1 Å². The van der Waals surface area contributed by atoms with E-state index in [1.165, 1.54) is 19.3 Å². The Hall–Kier alpha value is -0.300. The first-order chi connectivity index (χ1) is 18.7. The van der Waals surface area contributed by atoms with E-state index in [0.29, 0.717) is 73.4 Å². The number of fused-ring (bicyclic) bond motifs is 5. The van der Waals surface area contributed by atoms with Crippen LogP contribution in [0.1, 0.15) is 71.6 Å². The van der Waals surface area contributed by atoms with E-state index in [1.54, 1.807) is 9.80 Å². The molecule has 0 N–H and O–H groups in total. The molecule has 4 aliphatic carbocycles. The van der Waals surface area contributed by atoms with Crippen molar-refractivity contribution in [2.45, 2.75) is 83.8 Å². The van der Waals surface area contributed by atoms with E-state index in [0.717, 1.165) is 38.5 Å². The van der Waals surface area contributed by atoms with E-state index in [9.17, 15) is 9.59 Å². The van der Waals surface area contributed by atoms with E-state index in [2.05, 4.69) is 13.8 Å². The number of hydrogen-bond donors (Lipinski definition) is 0. The average Bonchev–Trinajstić information content (AvgIpc) is 3.24. The van der Waals surface area contributed by atoms with Crippen molar-refractivity contribution in [1.82, 2.24) is 9.80 Å². The minimum atomic E-state index is -0.283. The fraction of sp³-hybridized carbons (Fsp3) is 0.931. The van der Waals surface area contributed by atoms with Crippen LogP contribution >= 0.6 is 46.4 Å². The maximum absolute atomic E-state index is 13.0. The van der Waals surface area contributed by atoms with Gasteiger partial charge in [0.05, 0.1) is 0 Å². The molecule has 39 heavy (non-hydrogen) atoms. The van der Waals surface area contributed by atoms with E-state index in [-0.39, 0.29) is 35.2 Å². The molecule has 8 atom stereocenters. The molecule has 0 aliphatic heterocycles. The van der Waals surface area contributed by atoms with Crippen molar-refractivity contribution < 1.29 is 19.1 Å². The number of ether oxygens (including phenoxy) is 2. The Balaban J connectivity index is 1.38. The molecular weight excluding hydrogens is 582 g/mol. The Morgan fingerprint density at radius 3 is 1.82 bits per heavy atom. The van der Waals surface area contributed by atoms with Gasteiger partial charge in [-0.05, 0) is 86.9 Å². The lowest BCUT2D eigenvalue weighted by atomic mass is 9.45. The van der Waals surface area contributed by atoms with Crippen LogP contribution in [0.5, 0.6) is 0 Å². The zero-order chi connectivity index (χ0) is 28.2. The first kappa shape index (κ1) is 31.6. The van der Waals surface area contributed by atoms with Crippen molar-refractivity contribution in [3.05, 3.63) is 0 Å². The molecule has 4 aliphatic rings. The van der Waals surface area contributed by atoms with Crippen LogP contribution in [-0.4, -0.2) is 83.9 Å². The smallest absolute Gasteiger partial charge is 0.410 e. The van der Waals surface area contributed by atoms with Gasteiger partial charge in [-0.3, -0.25) is 0 Å². The molecule has 0 spiro atoms. The Bertz CT molecular complexity index is 840. The number of halogens is 4. The Morgan fingerprint density at radius 1 is 0.692 bits per heavy atom. The number of hydrogen-bond acceptors (Lipinski definition) is 4. The van der Waals surface area contributed by atoms with Crippen LogP contribution in [0.15, 0.2) is 0 Å². The number of alkyl halides is 4. The third-order valence-electron chi connectivity index (χ3n) is 11.0. The summed E-state index contributed by atoms with van der Waals surface area (Å²) in [6, 6.07) is 0. The molecule has 2 amide bonds. The third-order valence-corrected chi connectivity index (χ3v) is 11.7. The highest BCUT2D eigenvalue weighted by molar-refractivity contribution is 6.19. The van der Waals surface area contributed by atoms with E-state index in [4.69, 9.17) is 55.9 Å². The van der Waals surface area contributed by atoms with Gasteiger partial charge in [-0.15, -0.1) is 46.4 Å². The van der Waals surface area contributed by atoms with E-state index >= 15 is 0 Å². The first-order valence-electron chi connectivity index (χ1n) is 14.9. The van der Waals surface area contributed by atoms with Gasteiger partial charge in [-0.25, -0.2) is 9.59 Å². The van der Waals surface area contributed by atoms with Gasteiger partial charge in [0.25, 0.3) is 0 Å². The van der Waals surface area contributed by atoms with Gasteiger partial charge in [0, 0.05) is 55.1 Å². The largest absolute Gasteiger partial charge is 0.446 e. The van der Waals surface area contributed by atoms with Crippen LogP contribution < -0.4 is 0 Å². The molecule has 10 heteroatoms. The molecular formula is C29H46Cl4N2O4. The van der Waals surface area contributed by atoms with E-state index in [1.807, 2.05) is 0 Å². The number of rotatable bonds is 10. The molecule has 0 bridgehead atoms. The Kier molecular flexibility index (Phi) is 11.2. The highest BCUT2D eigenvalue weighted by atomic mass is 35.5. The molecule has 0 aromatic rings. The van der Waals surface area contributed by atoms with Crippen molar-refractivity contribution in [2.24, 2.45) is 34.5 Å². The summed E-state index contributed by atoms with van der Waals surface area (Å²) >= 11 is 23.6. The SMILES string of the molecule is C[C@]12CC[C@@H](OC(=O)N(CCCl)CCCl)C[C@@H]1CC[C@@H]1[C@@H]2CC[C@]2(C)[C@@H](OC(=O)N(CCCl)CCCl)CC[C@@H]12. The maximum Gasteiger partial charge on any atom is 0.410 e. The highest BCUT2D eigenvalue weighted by Crippen LogP contribution is 2.66. The predicted octanol–water partition coefficient (Wildman–Crippen LogP) is 7.60. The van der Waals surface area contributed by atoms with Crippen molar-refractivity contribution in [3.8, 4) is 0 Å². The summed E-state index contributed by atoms with van der Waals surface area (Å²) in [5, 5.41) is 0. The minimum absolute atomic E-state index is 0.0225. The van der Waals surface area contributed by atoms with E-state index < -0.39 is 0 Å². The molecule has 224 valence electrons. The summed E-state index contributed by atoms with van der Waals surface area (Å²) in [6.45, 7) is 6.70. The molecule has 0 aromatic heterocycles. The lowest BCUT2D eigenvalue weighted by molar-refractivity contribution is -0.136. The van der Waals surface area contributed by atoms with Crippen molar-refractivity contribution >= 4 is 58.6 Å². The number of carbonyl (C=O) groups is 2. The Labute approximate surface area is 254 Å². The van der Waals surface area contributed by atoms with Crippen LogP contribution in [0.4, 0.5) is 9.59 Å². The number of nitrogens with zero attached hydrogens (tertiary/aromatic N) is 2. The van der Waals surface area contributed by atoms with Gasteiger partial charge in [-0.1, -0.05) is 13.8 Å². The summed E-state index contributed by atoms with van der Waals surface area (Å²) in [7, 11) is 0. The average molecular weight is 629 g/mol. The molecule has 0 unspecified atom stereocenters. The summed E-state index contributed by atoms with van der Waals surface area (Å²) < 4.78 is 12.1. The molecule has 4 rings (SSSR count). The summed E-state index contributed by atoms with van der Waals surface area (Å²) in [6.07, 6.45) is 9.03. The lowest BCUT2D eigenvalue weighted by Crippen LogP contribution is -2.55. The summed E-state index contributed by atoms with van der Waals surface area (Å²) in [4.78, 5) is 29.0. The normalized spacial score (nSPS) is 37.3. The number of amides is 2. The predicted molar refractivity (Wildman–Crippen MR) is 158 cm³/mol. The second-order valence-electron chi connectivity index (χ2n) is 12.7. The minimum Gasteiger partial charge on any atom is -0.446 e. The van der Waals surface area contributed by atoms with Gasteiger partial charge < -0.3 is 19.3 Å². The van der Waals surface area contributed by atoms with Crippen molar-refractivity contribution in [2.75, 3.05) is 49.7 Å².